The molecule has 1 aromatic heterocycles. The third kappa shape index (κ3) is 2.31. The summed E-state index contributed by atoms with van der Waals surface area (Å²) in [4.78, 5) is 10.2. The number of carboxylic acid groups (broad SMARTS) is 1. The normalized spacial score (nSPS) is 10.3. The van der Waals surface area contributed by atoms with Crippen molar-refractivity contribution in [2.75, 3.05) is 0 Å². The minimum absolute atomic E-state index is 0.0687. The molecular formula is C9H14N2O2. The van der Waals surface area contributed by atoms with Crippen molar-refractivity contribution in [3.8, 4) is 0 Å². The van der Waals surface area contributed by atoms with Gasteiger partial charge in [0.15, 0.2) is 0 Å². The summed E-state index contributed by atoms with van der Waals surface area (Å²) in [5.41, 5.74) is 0. The lowest BCUT2D eigenvalue weighted by atomic mass is 10.4. The van der Waals surface area contributed by atoms with Gasteiger partial charge in [-0.05, 0) is 6.92 Å². The van der Waals surface area contributed by atoms with Gasteiger partial charge in [-0.1, -0.05) is 0 Å². The van der Waals surface area contributed by atoms with Crippen LogP contribution in [0.25, 0.3) is 0 Å². The van der Waals surface area contributed by atoms with Crippen molar-refractivity contribution in [2.45, 2.75) is 33.4 Å². The van der Waals surface area contributed by atoms with Crippen molar-refractivity contribution in [1.82, 2.24) is 4.57 Å². The molecule has 0 atom stereocenters. The maximum Gasteiger partial charge on any atom is 0.253 e. The van der Waals surface area contributed by atoms with Gasteiger partial charge in [0, 0.05) is 19.3 Å². The molecule has 1 aromatic rings. The van der Waals surface area contributed by atoms with Crippen LogP contribution in [0.1, 0.15) is 19.2 Å². The fourth-order valence-electron chi connectivity index (χ4n) is 1.32. The van der Waals surface area contributed by atoms with E-state index >= 15 is 0 Å². The Morgan fingerprint density at radius 1 is 1.69 bits per heavy atom. The van der Waals surface area contributed by atoms with E-state index in [0.29, 0.717) is 6.54 Å². The SMILES string of the molecule is CCn1cc[n+](CCC(=O)[O-])c1C. The first-order chi connectivity index (χ1) is 6.15. The second-order valence-electron chi connectivity index (χ2n) is 2.95. The molecule has 0 radical (unpaired) electrons. The highest BCUT2D eigenvalue weighted by Gasteiger charge is 2.09. The number of imidazole rings is 1. The van der Waals surface area contributed by atoms with E-state index in [1.807, 2.05) is 23.9 Å². The summed E-state index contributed by atoms with van der Waals surface area (Å²) in [6.45, 7) is 5.42. The van der Waals surface area contributed by atoms with Crippen molar-refractivity contribution < 1.29 is 14.5 Å². The molecule has 0 aliphatic carbocycles. The molecule has 0 bridgehead atoms. The van der Waals surface area contributed by atoms with Crippen molar-refractivity contribution in [3.05, 3.63) is 18.2 Å². The summed E-state index contributed by atoms with van der Waals surface area (Å²) in [6, 6.07) is 0. The highest BCUT2D eigenvalue weighted by Crippen LogP contribution is 1.93. The molecule has 0 spiro atoms. The van der Waals surface area contributed by atoms with E-state index in [1.165, 1.54) is 0 Å². The van der Waals surface area contributed by atoms with Gasteiger partial charge in [0.25, 0.3) is 5.82 Å². The molecule has 0 saturated heterocycles. The first-order valence-corrected chi connectivity index (χ1v) is 4.40. The number of aromatic nitrogens is 2. The van der Waals surface area contributed by atoms with Crippen molar-refractivity contribution in [1.29, 1.82) is 0 Å². The van der Waals surface area contributed by atoms with E-state index in [9.17, 15) is 9.90 Å². The van der Waals surface area contributed by atoms with Gasteiger partial charge in [-0.3, -0.25) is 0 Å². The number of hydrogen-bond acceptors (Lipinski definition) is 2. The predicted octanol–water partition coefficient (Wildman–Crippen LogP) is -0.756. The maximum atomic E-state index is 10.2. The highest BCUT2D eigenvalue weighted by atomic mass is 16.4. The van der Waals surface area contributed by atoms with Crippen LogP contribution in [0.2, 0.25) is 0 Å². The average Bonchev–Trinajstić information content (AvgIpc) is 2.43. The molecule has 1 rings (SSSR count). The second-order valence-corrected chi connectivity index (χ2v) is 2.95. The average molecular weight is 182 g/mol. The number of carboxylic acids is 1. The molecular weight excluding hydrogens is 168 g/mol. The molecule has 0 N–H and O–H groups in total. The molecule has 0 fully saturated rings. The molecule has 13 heavy (non-hydrogen) atoms. The molecule has 72 valence electrons. The Bertz CT molecular complexity index is 305. The quantitative estimate of drug-likeness (QED) is 0.575. The third-order valence-electron chi connectivity index (χ3n) is 2.16. The van der Waals surface area contributed by atoms with Gasteiger partial charge in [-0.2, -0.15) is 0 Å². The molecule has 1 heterocycles. The van der Waals surface area contributed by atoms with E-state index in [-0.39, 0.29) is 6.42 Å². The molecule has 0 amide bonds. The Morgan fingerprint density at radius 3 is 2.85 bits per heavy atom. The van der Waals surface area contributed by atoms with Crippen LogP contribution in [0.15, 0.2) is 12.4 Å². The van der Waals surface area contributed by atoms with Gasteiger partial charge < -0.3 is 9.90 Å². The van der Waals surface area contributed by atoms with Crippen LogP contribution < -0.4 is 9.67 Å². The van der Waals surface area contributed by atoms with E-state index in [4.69, 9.17) is 0 Å². The minimum Gasteiger partial charge on any atom is -0.550 e. The van der Waals surface area contributed by atoms with Gasteiger partial charge >= 0.3 is 0 Å². The van der Waals surface area contributed by atoms with Gasteiger partial charge in [-0.25, -0.2) is 9.13 Å². The molecule has 0 unspecified atom stereocenters. The lowest BCUT2D eigenvalue weighted by molar-refractivity contribution is -0.702. The summed E-state index contributed by atoms with van der Waals surface area (Å²) in [5.74, 6) is 0.0694. The van der Waals surface area contributed by atoms with E-state index in [1.54, 1.807) is 0 Å². The van der Waals surface area contributed by atoms with Crippen LogP contribution >= 0.6 is 0 Å². The largest absolute Gasteiger partial charge is 0.550 e. The summed E-state index contributed by atoms with van der Waals surface area (Å²) < 4.78 is 3.98. The van der Waals surface area contributed by atoms with Crippen molar-refractivity contribution in [3.63, 3.8) is 0 Å². The highest BCUT2D eigenvalue weighted by molar-refractivity contribution is 5.63. The number of carbonyl (C=O) groups excluding carboxylic acids is 1. The molecule has 0 aliphatic rings. The van der Waals surface area contributed by atoms with Gasteiger partial charge in [0.05, 0.1) is 13.1 Å². The summed E-state index contributed by atoms with van der Waals surface area (Å²) in [5, 5.41) is 10.2. The Hall–Kier alpha value is -1.32. The Labute approximate surface area is 77.4 Å². The Kier molecular flexibility index (Phi) is 3.06. The van der Waals surface area contributed by atoms with Crippen molar-refractivity contribution in [2.24, 2.45) is 0 Å². The zero-order valence-corrected chi connectivity index (χ0v) is 7.99. The van der Waals surface area contributed by atoms with Crippen LogP contribution in [-0.4, -0.2) is 10.5 Å². The predicted molar refractivity (Wildman–Crippen MR) is 44.7 cm³/mol. The number of nitrogens with zero attached hydrogens (tertiary/aromatic N) is 2. The maximum absolute atomic E-state index is 10.2. The molecule has 0 aliphatic heterocycles. The van der Waals surface area contributed by atoms with E-state index in [2.05, 4.69) is 11.5 Å². The molecule has 0 saturated carbocycles. The van der Waals surface area contributed by atoms with Crippen LogP contribution in [0.5, 0.6) is 0 Å². The number of rotatable bonds is 4. The third-order valence-corrected chi connectivity index (χ3v) is 2.16. The Morgan fingerprint density at radius 2 is 2.38 bits per heavy atom. The number of carbonyl (C=O) groups is 1. The van der Waals surface area contributed by atoms with E-state index in [0.717, 1.165) is 12.4 Å². The van der Waals surface area contributed by atoms with Crippen LogP contribution in [0, 0.1) is 6.92 Å². The van der Waals surface area contributed by atoms with Gasteiger partial charge in [0.2, 0.25) is 0 Å². The van der Waals surface area contributed by atoms with Crippen LogP contribution in [-0.2, 0) is 17.9 Å². The summed E-state index contributed by atoms with van der Waals surface area (Å²) in [6.07, 6.45) is 3.91. The number of aryl methyl sites for hydroxylation is 2. The first kappa shape index (κ1) is 9.77. The van der Waals surface area contributed by atoms with Crippen LogP contribution in [0.4, 0.5) is 0 Å². The lowest BCUT2D eigenvalue weighted by Gasteiger charge is -2.00. The smallest absolute Gasteiger partial charge is 0.253 e. The molecule has 4 nitrogen and oxygen atoms in total. The second kappa shape index (κ2) is 4.07. The monoisotopic (exact) mass is 182 g/mol. The fraction of sp³-hybridized carbons (Fsp3) is 0.556. The number of aliphatic carboxylic acids is 1. The first-order valence-electron chi connectivity index (χ1n) is 4.40. The van der Waals surface area contributed by atoms with Gasteiger partial charge in [-0.15, -0.1) is 0 Å². The van der Waals surface area contributed by atoms with Crippen molar-refractivity contribution >= 4 is 5.97 Å². The fourth-order valence-corrected chi connectivity index (χ4v) is 1.32. The minimum atomic E-state index is -1.00. The van der Waals surface area contributed by atoms with Gasteiger partial charge in [0.1, 0.15) is 12.4 Å². The molecule has 0 aromatic carbocycles. The van der Waals surface area contributed by atoms with E-state index < -0.39 is 5.97 Å². The Balaban J connectivity index is 2.67. The standard InChI is InChI=1S/C9H14N2O2/c1-3-10-6-7-11(8(10)2)5-4-9(12)13/h6-7H,3-5H2,1-2H3. The zero-order chi connectivity index (χ0) is 9.84. The lowest BCUT2D eigenvalue weighted by Crippen LogP contribution is -2.38. The molecule has 4 heteroatoms. The zero-order valence-electron chi connectivity index (χ0n) is 7.99. The van der Waals surface area contributed by atoms with Crippen LogP contribution in [0.3, 0.4) is 0 Å². The summed E-state index contributed by atoms with van der Waals surface area (Å²) >= 11 is 0. The summed E-state index contributed by atoms with van der Waals surface area (Å²) in [7, 11) is 0. The topological polar surface area (TPSA) is 48.9 Å². The number of hydrogen-bond donors (Lipinski definition) is 0.